The first-order valence-electron chi connectivity index (χ1n) is 10.9. The molecule has 0 amide bonds. The van der Waals surface area contributed by atoms with E-state index in [0.29, 0.717) is 29.6 Å². The minimum absolute atomic E-state index is 0.127. The lowest BCUT2D eigenvalue weighted by atomic mass is 10.1. The van der Waals surface area contributed by atoms with Gasteiger partial charge in [0.2, 0.25) is 10.0 Å². The fraction of sp³-hybridized carbons (Fsp3) is 0.304. The monoisotopic (exact) mass is 479 g/mol. The molecule has 4 aromatic heterocycles. The van der Waals surface area contributed by atoms with E-state index < -0.39 is 10.0 Å². The number of aromatic nitrogens is 5. The quantitative estimate of drug-likeness (QED) is 0.433. The van der Waals surface area contributed by atoms with E-state index in [1.165, 1.54) is 0 Å². The van der Waals surface area contributed by atoms with Crippen molar-refractivity contribution in [2.45, 2.75) is 33.2 Å². The van der Waals surface area contributed by atoms with Crippen LogP contribution < -0.4 is 14.8 Å². The maximum Gasteiger partial charge on any atom is 0.212 e. The second-order valence-corrected chi connectivity index (χ2v) is 10.3. The van der Waals surface area contributed by atoms with Gasteiger partial charge in [0.1, 0.15) is 24.0 Å². The smallest absolute Gasteiger partial charge is 0.212 e. The lowest BCUT2D eigenvalue weighted by Crippen LogP contribution is -2.31. The van der Waals surface area contributed by atoms with E-state index in [1.807, 2.05) is 57.3 Å². The highest BCUT2D eigenvalue weighted by atomic mass is 32.2. The van der Waals surface area contributed by atoms with Crippen molar-refractivity contribution in [1.82, 2.24) is 29.3 Å². The molecule has 1 aliphatic rings. The standard InChI is InChI=1S/C23H25N7O3S/c1-14-8-20(21(12-24-14)33-13-18-5-7-34(31,32)29-18)17-4-6-30-19(10-17)11-23(28-30)27-22-9-15(2)25-16(3)26-22/h4,6,8-12,18,29H,5,7,13H2,1-3H3,(H,25,26,27,28)/t18-/m1/s1. The molecule has 0 aliphatic carbocycles. The summed E-state index contributed by atoms with van der Waals surface area (Å²) in [6, 6.07) is 9.52. The number of hydrogen-bond donors (Lipinski definition) is 2. The molecule has 4 aromatic rings. The molecule has 0 unspecified atom stereocenters. The van der Waals surface area contributed by atoms with E-state index in [2.05, 4.69) is 30.1 Å². The Morgan fingerprint density at radius 1 is 1.12 bits per heavy atom. The summed E-state index contributed by atoms with van der Waals surface area (Å²) in [7, 11) is -3.19. The summed E-state index contributed by atoms with van der Waals surface area (Å²) in [5, 5.41) is 7.82. The Hall–Kier alpha value is -3.57. The predicted octanol–water partition coefficient (Wildman–Crippen LogP) is 2.93. The van der Waals surface area contributed by atoms with Crippen molar-refractivity contribution in [3.63, 3.8) is 0 Å². The molecule has 0 aromatic carbocycles. The van der Waals surface area contributed by atoms with Crippen LogP contribution in [0.1, 0.15) is 23.6 Å². The molecule has 11 heteroatoms. The number of pyridine rings is 2. The third-order valence-electron chi connectivity index (χ3n) is 5.52. The van der Waals surface area contributed by atoms with Crippen LogP contribution >= 0.6 is 0 Å². The maximum absolute atomic E-state index is 11.7. The van der Waals surface area contributed by atoms with Gasteiger partial charge in [0, 0.05) is 35.3 Å². The summed E-state index contributed by atoms with van der Waals surface area (Å²) < 4.78 is 33.7. The van der Waals surface area contributed by atoms with Crippen LogP contribution in [0.5, 0.6) is 5.75 Å². The third kappa shape index (κ3) is 4.85. The van der Waals surface area contributed by atoms with Crippen LogP contribution in [0.2, 0.25) is 0 Å². The van der Waals surface area contributed by atoms with Crippen LogP contribution in [-0.4, -0.2) is 51.4 Å². The van der Waals surface area contributed by atoms with Gasteiger partial charge in [-0.25, -0.2) is 27.6 Å². The van der Waals surface area contributed by atoms with Crippen molar-refractivity contribution in [2.24, 2.45) is 0 Å². The van der Waals surface area contributed by atoms with E-state index >= 15 is 0 Å². The molecule has 0 bridgehead atoms. The Morgan fingerprint density at radius 3 is 2.74 bits per heavy atom. The highest BCUT2D eigenvalue weighted by molar-refractivity contribution is 7.89. The molecule has 5 heterocycles. The van der Waals surface area contributed by atoms with Crippen LogP contribution in [0.4, 0.5) is 11.6 Å². The molecular formula is C23H25N7O3S. The largest absolute Gasteiger partial charge is 0.490 e. The van der Waals surface area contributed by atoms with Gasteiger partial charge in [-0.05, 0) is 51.0 Å². The fourth-order valence-corrected chi connectivity index (χ4v) is 5.41. The lowest BCUT2D eigenvalue weighted by molar-refractivity contribution is 0.282. The molecule has 10 nitrogen and oxygen atoms in total. The van der Waals surface area contributed by atoms with Crippen LogP contribution in [0, 0.1) is 20.8 Å². The van der Waals surface area contributed by atoms with Gasteiger partial charge in [0.15, 0.2) is 5.82 Å². The van der Waals surface area contributed by atoms with Crippen LogP contribution in [0.25, 0.3) is 16.6 Å². The first-order valence-corrected chi connectivity index (χ1v) is 12.6. The molecule has 2 N–H and O–H groups in total. The SMILES string of the molecule is Cc1cc(-c2ccn3nc(Nc4cc(C)nc(C)n4)cc3c2)c(OC[C@H]2CCS(=O)(=O)N2)cn1. The number of sulfonamides is 1. The van der Waals surface area contributed by atoms with Gasteiger partial charge in [-0.3, -0.25) is 4.98 Å². The van der Waals surface area contributed by atoms with Crippen LogP contribution in [-0.2, 0) is 10.0 Å². The number of rotatable bonds is 6. The highest BCUT2D eigenvalue weighted by Crippen LogP contribution is 2.32. The first kappa shape index (κ1) is 22.2. The number of ether oxygens (including phenoxy) is 1. The van der Waals surface area contributed by atoms with E-state index in [0.717, 1.165) is 28.0 Å². The molecule has 1 aliphatic heterocycles. The van der Waals surface area contributed by atoms with Crippen molar-refractivity contribution >= 4 is 27.2 Å². The lowest BCUT2D eigenvalue weighted by Gasteiger charge is -2.15. The molecule has 5 rings (SSSR count). The Kier molecular flexibility index (Phi) is 5.66. The molecule has 0 saturated carbocycles. The third-order valence-corrected chi connectivity index (χ3v) is 6.99. The second-order valence-electron chi connectivity index (χ2n) is 8.44. The molecule has 34 heavy (non-hydrogen) atoms. The minimum atomic E-state index is -3.19. The van der Waals surface area contributed by atoms with Gasteiger partial charge < -0.3 is 10.1 Å². The average molecular weight is 480 g/mol. The molecule has 0 spiro atoms. The van der Waals surface area contributed by atoms with Gasteiger partial charge in [0.05, 0.1) is 23.5 Å². The van der Waals surface area contributed by atoms with Crippen molar-refractivity contribution in [2.75, 3.05) is 17.7 Å². The molecular weight excluding hydrogens is 454 g/mol. The van der Waals surface area contributed by atoms with Gasteiger partial charge in [-0.15, -0.1) is 0 Å². The zero-order valence-corrected chi connectivity index (χ0v) is 19.9. The number of nitrogens with one attached hydrogen (secondary N) is 2. The fourth-order valence-electron chi connectivity index (χ4n) is 4.00. The predicted molar refractivity (Wildman–Crippen MR) is 129 cm³/mol. The summed E-state index contributed by atoms with van der Waals surface area (Å²) in [5.74, 6) is 2.79. The first-order chi connectivity index (χ1) is 16.2. The van der Waals surface area contributed by atoms with Crippen molar-refractivity contribution < 1.29 is 13.2 Å². The molecule has 0 radical (unpaired) electrons. The summed E-state index contributed by atoms with van der Waals surface area (Å²) in [4.78, 5) is 13.1. The zero-order chi connectivity index (χ0) is 23.9. The second kappa shape index (κ2) is 8.65. The van der Waals surface area contributed by atoms with Gasteiger partial charge in [0.25, 0.3) is 0 Å². The van der Waals surface area contributed by atoms with Gasteiger partial charge in [-0.1, -0.05) is 0 Å². The van der Waals surface area contributed by atoms with Gasteiger partial charge in [-0.2, -0.15) is 5.10 Å². The summed E-state index contributed by atoms with van der Waals surface area (Å²) >= 11 is 0. The minimum Gasteiger partial charge on any atom is -0.490 e. The normalized spacial score (nSPS) is 17.2. The summed E-state index contributed by atoms with van der Waals surface area (Å²) in [6.07, 6.45) is 4.10. The number of fused-ring (bicyclic) bond motifs is 1. The molecule has 1 saturated heterocycles. The van der Waals surface area contributed by atoms with Gasteiger partial charge >= 0.3 is 0 Å². The number of nitrogens with zero attached hydrogens (tertiary/aromatic N) is 5. The zero-order valence-electron chi connectivity index (χ0n) is 19.1. The number of hydrogen-bond acceptors (Lipinski definition) is 8. The number of aryl methyl sites for hydroxylation is 3. The molecule has 176 valence electrons. The van der Waals surface area contributed by atoms with Crippen molar-refractivity contribution in [1.29, 1.82) is 0 Å². The van der Waals surface area contributed by atoms with E-state index in [-0.39, 0.29) is 18.4 Å². The Balaban J connectivity index is 1.41. The maximum atomic E-state index is 11.7. The molecule has 1 fully saturated rings. The highest BCUT2D eigenvalue weighted by Gasteiger charge is 2.27. The Bertz CT molecular complexity index is 1460. The van der Waals surface area contributed by atoms with Crippen molar-refractivity contribution in [3.05, 3.63) is 59.9 Å². The average Bonchev–Trinajstić information content (AvgIpc) is 3.33. The summed E-state index contributed by atoms with van der Waals surface area (Å²) in [5.41, 5.74) is 4.46. The van der Waals surface area contributed by atoms with E-state index in [4.69, 9.17) is 4.74 Å². The van der Waals surface area contributed by atoms with E-state index in [1.54, 1.807) is 10.7 Å². The van der Waals surface area contributed by atoms with E-state index in [9.17, 15) is 8.42 Å². The Labute approximate surface area is 197 Å². The van der Waals surface area contributed by atoms with Crippen LogP contribution in [0.15, 0.2) is 42.7 Å². The topological polar surface area (TPSA) is 123 Å². The van der Waals surface area contributed by atoms with Crippen molar-refractivity contribution in [3.8, 4) is 16.9 Å². The molecule has 1 atom stereocenters. The number of anilines is 2. The summed E-state index contributed by atoms with van der Waals surface area (Å²) in [6.45, 7) is 5.95. The van der Waals surface area contributed by atoms with Crippen LogP contribution in [0.3, 0.4) is 0 Å². The Morgan fingerprint density at radius 2 is 1.97 bits per heavy atom.